The average molecular weight is 498 g/mol. The molecule has 0 spiro atoms. The van der Waals surface area contributed by atoms with E-state index in [1.807, 2.05) is 42.5 Å². The summed E-state index contributed by atoms with van der Waals surface area (Å²) >= 11 is 3.46. The van der Waals surface area contributed by atoms with Crippen LogP contribution in [-0.2, 0) is 22.6 Å². The third-order valence-corrected chi connectivity index (χ3v) is 5.24. The summed E-state index contributed by atoms with van der Waals surface area (Å²) < 4.78 is 17.0. The molecule has 3 rings (SSSR count). The van der Waals surface area contributed by atoms with Gasteiger partial charge in [0.1, 0.15) is 6.61 Å². The molecule has 0 radical (unpaired) electrons. The third-order valence-electron chi connectivity index (χ3n) is 4.74. The van der Waals surface area contributed by atoms with Crippen LogP contribution < -0.4 is 14.8 Å². The predicted molar refractivity (Wildman–Crippen MR) is 126 cm³/mol. The zero-order chi connectivity index (χ0) is 22.9. The minimum Gasteiger partial charge on any atom is -0.493 e. The summed E-state index contributed by atoms with van der Waals surface area (Å²) in [5.41, 5.74) is 3.06. The molecule has 1 N–H and O–H groups in total. The molecule has 0 aliphatic rings. The van der Waals surface area contributed by atoms with Crippen LogP contribution >= 0.6 is 15.9 Å². The molecule has 0 saturated carbocycles. The molecule has 6 nitrogen and oxygen atoms in total. The Hall–Kier alpha value is -3.32. The standard InChI is InChI=1S/C25H24BrNO5/c1-30-23-15-17(6-12-22(23)32-16-18-4-3-5-20(26)14-18)7-13-24(28)27-21-10-8-19(9-11-21)25(29)31-2/h3-6,8-12,14-15H,7,13,16H2,1-2H3,(H,27,28). The number of aryl methyl sites for hydroxylation is 1. The second-order valence-electron chi connectivity index (χ2n) is 7.02. The van der Waals surface area contributed by atoms with Gasteiger partial charge in [0.05, 0.1) is 19.8 Å². The summed E-state index contributed by atoms with van der Waals surface area (Å²) in [7, 11) is 2.92. The van der Waals surface area contributed by atoms with Crippen LogP contribution in [0.1, 0.15) is 27.9 Å². The van der Waals surface area contributed by atoms with Crippen molar-refractivity contribution < 1.29 is 23.8 Å². The van der Waals surface area contributed by atoms with E-state index in [4.69, 9.17) is 9.47 Å². The van der Waals surface area contributed by atoms with Crippen molar-refractivity contribution in [2.24, 2.45) is 0 Å². The number of amides is 1. The normalized spacial score (nSPS) is 10.3. The zero-order valence-corrected chi connectivity index (χ0v) is 19.5. The molecule has 0 bridgehead atoms. The largest absolute Gasteiger partial charge is 0.493 e. The van der Waals surface area contributed by atoms with Crippen LogP contribution in [0.3, 0.4) is 0 Å². The van der Waals surface area contributed by atoms with Crippen molar-refractivity contribution in [1.29, 1.82) is 0 Å². The van der Waals surface area contributed by atoms with Gasteiger partial charge >= 0.3 is 5.97 Å². The van der Waals surface area contributed by atoms with E-state index in [2.05, 4.69) is 26.0 Å². The first-order chi connectivity index (χ1) is 15.5. The van der Waals surface area contributed by atoms with Crippen molar-refractivity contribution in [3.8, 4) is 11.5 Å². The van der Waals surface area contributed by atoms with Crippen molar-refractivity contribution in [2.45, 2.75) is 19.4 Å². The zero-order valence-electron chi connectivity index (χ0n) is 17.9. The van der Waals surface area contributed by atoms with Crippen molar-refractivity contribution in [1.82, 2.24) is 0 Å². The van der Waals surface area contributed by atoms with Gasteiger partial charge in [-0.05, 0) is 66.1 Å². The van der Waals surface area contributed by atoms with E-state index in [1.165, 1.54) is 7.11 Å². The summed E-state index contributed by atoms with van der Waals surface area (Å²) in [6.45, 7) is 0.423. The van der Waals surface area contributed by atoms with Gasteiger partial charge in [-0.25, -0.2) is 4.79 Å². The van der Waals surface area contributed by atoms with E-state index < -0.39 is 5.97 Å². The maximum absolute atomic E-state index is 12.3. The third kappa shape index (κ3) is 6.59. The molecule has 166 valence electrons. The lowest BCUT2D eigenvalue weighted by Crippen LogP contribution is -2.12. The number of hydrogen-bond donors (Lipinski definition) is 1. The Morgan fingerprint density at radius 3 is 2.38 bits per heavy atom. The van der Waals surface area contributed by atoms with Crippen LogP contribution in [0.2, 0.25) is 0 Å². The molecule has 0 aliphatic carbocycles. The van der Waals surface area contributed by atoms with Crippen LogP contribution in [0.5, 0.6) is 11.5 Å². The highest BCUT2D eigenvalue weighted by molar-refractivity contribution is 9.10. The van der Waals surface area contributed by atoms with Gasteiger partial charge in [0.2, 0.25) is 5.91 Å². The first-order valence-electron chi connectivity index (χ1n) is 10.0. The van der Waals surface area contributed by atoms with Crippen molar-refractivity contribution >= 4 is 33.5 Å². The number of esters is 1. The number of benzene rings is 3. The molecule has 32 heavy (non-hydrogen) atoms. The van der Waals surface area contributed by atoms with E-state index in [0.717, 1.165) is 15.6 Å². The Morgan fingerprint density at radius 1 is 0.906 bits per heavy atom. The van der Waals surface area contributed by atoms with E-state index >= 15 is 0 Å². The molecule has 7 heteroatoms. The maximum Gasteiger partial charge on any atom is 0.337 e. The lowest BCUT2D eigenvalue weighted by molar-refractivity contribution is -0.116. The first kappa shape index (κ1) is 23.3. The maximum atomic E-state index is 12.3. The molecule has 1 amide bonds. The van der Waals surface area contributed by atoms with Crippen LogP contribution in [-0.4, -0.2) is 26.1 Å². The summed E-state index contributed by atoms with van der Waals surface area (Å²) in [6.07, 6.45) is 0.856. The minimum atomic E-state index is -0.416. The number of anilines is 1. The van der Waals surface area contributed by atoms with Gasteiger partial charge in [0.25, 0.3) is 0 Å². The number of rotatable bonds is 9. The van der Waals surface area contributed by atoms with Gasteiger partial charge in [-0.1, -0.05) is 34.1 Å². The second-order valence-corrected chi connectivity index (χ2v) is 7.94. The predicted octanol–water partition coefficient (Wildman–Crippen LogP) is 5.39. The van der Waals surface area contributed by atoms with Crippen molar-refractivity contribution in [3.63, 3.8) is 0 Å². The number of nitrogens with one attached hydrogen (secondary N) is 1. The molecule has 0 atom stereocenters. The van der Waals surface area contributed by atoms with Gasteiger partial charge in [-0.2, -0.15) is 0 Å². The van der Waals surface area contributed by atoms with E-state index in [-0.39, 0.29) is 5.91 Å². The Bertz CT molecular complexity index is 1080. The van der Waals surface area contributed by atoms with E-state index in [9.17, 15) is 9.59 Å². The van der Waals surface area contributed by atoms with Gasteiger partial charge < -0.3 is 19.5 Å². The van der Waals surface area contributed by atoms with Crippen molar-refractivity contribution in [3.05, 3.63) is 87.9 Å². The average Bonchev–Trinajstić information content (AvgIpc) is 2.81. The molecule has 3 aromatic rings. The Balaban J connectivity index is 1.54. The number of ether oxygens (including phenoxy) is 3. The summed E-state index contributed by atoms with van der Waals surface area (Å²) in [5, 5.41) is 2.83. The van der Waals surface area contributed by atoms with Crippen LogP contribution in [0.15, 0.2) is 71.2 Å². The fourth-order valence-electron chi connectivity index (χ4n) is 3.06. The van der Waals surface area contributed by atoms with E-state index in [0.29, 0.717) is 42.2 Å². The quantitative estimate of drug-likeness (QED) is 0.401. The number of methoxy groups -OCH3 is 2. The molecule has 0 unspecified atom stereocenters. The number of hydrogen-bond acceptors (Lipinski definition) is 5. The topological polar surface area (TPSA) is 73.9 Å². The lowest BCUT2D eigenvalue weighted by atomic mass is 10.1. The Labute approximate surface area is 195 Å². The number of halogens is 1. The SMILES string of the molecule is COC(=O)c1ccc(NC(=O)CCc2ccc(OCc3cccc(Br)c3)c(OC)c2)cc1. The highest BCUT2D eigenvalue weighted by atomic mass is 79.9. The first-order valence-corrected chi connectivity index (χ1v) is 10.8. The monoisotopic (exact) mass is 497 g/mol. The van der Waals surface area contributed by atoms with Crippen LogP contribution in [0.4, 0.5) is 5.69 Å². The molecule has 0 fully saturated rings. The summed E-state index contributed by atoms with van der Waals surface area (Å²) in [5.74, 6) is 0.730. The second kappa shape index (κ2) is 11.3. The molecule has 0 aliphatic heterocycles. The van der Waals surface area contributed by atoms with Gasteiger partial charge in [-0.15, -0.1) is 0 Å². The summed E-state index contributed by atoms with van der Waals surface area (Å²) in [4.78, 5) is 23.8. The highest BCUT2D eigenvalue weighted by Crippen LogP contribution is 2.29. The fourth-order valence-corrected chi connectivity index (χ4v) is 3.51. The Morgan fingerprint density at radius 2 is 1.69 bits per heavy atom. The van der Waals surface area contributed by atoms with Gasteiger partial charge in [0.15, 0.2) is 11.5 Å². The molecule has 0 saturated heterocycles. The lowest BCUT2D eigenvalue weighted by Gasteiger charge is -2.13. The van der Waals surface area contributed by atoms with Crippen molar-refractivity contribution in [2.75, 3.05) is 19.5 Å². The van der Waals surface area contributed by atoms with E-state index in [1.54, 1.807) is 31.4 Å². The van der Waals surface area contributed by atoms with Crippen LogP contribution in [0.25, 0.3) is 0 Å². The molecule has 0 aromatic heterocycles. The molecule has 0 heterocycles. The minimum absolute atomic E-state index is 0.121. The summed E-state index contributed by atoms with van der Waals surface area (Å²) in [6, 6.07) is 20.2. The fraction of sp³-hybridized carbons (Fsp3) is 0.200. The van der Waals surface area contributed by atoms with Gasteiger partial charge in [0, 0.05) is 16.6 Å². The van der Waals surface area contributed by atoms with Crippen LogP contribution in [0, 0.1) is 0 Å². The number of carbonyl (C=O) groups is 2. The number of carbonyl (C=O) groups excluding carboxylic acids is 2. The Kier molecular flexibility index (Phi) is 8.27. The molecular weight excluding hydrogens is 474 g/mol. The highest BCUT2D eigenvalue weighted by Gasteiger charge is 2.10. The molecule has 3 aromatic carbocycles. The smallest absolute Gasteiger partial charge is 0.337 e. The molecular formula is C25H24BrNO5. The van der Waals surface area contributed by atoms with Gasteiger partial charge in [-0.3, -0.25) is 4.79 Å².